The van der Waals surface area contributed by atoms with Gasteiger partial charge in [-0.3, -0.25) is 9.36 Å². The van der Waals surface area contributed by atoms with Crippen LogP contribution in [0.25, 0.3) is 11.3 Å². The quantitative estimate of drug-likeness (QED) is 0.739. The van der Waals surface area contributed by atoms with Crippen molar-refractivity contribution in [3.8, 4) is 11.3 Å². The molecule has 0 bridgehead atoms. The number of rotatable bonds is 3. The van der Waals surface area contributed by atoms with Crippen LogP contribution < -0.4 is 5.56 Å². The molecule has 3 rings (SSSR count). The van der Waals surface area contributed by atoms with Gasteiger partial charge in [0, 0.05) is 11.6 Å². The van der Waals surface area contributed by atoms with E-state index < -0.39 is 11.9 Å². The van der Waals surface area contributed by atoms with Crippen molar-refractivity contribution in [2.45, 2.75) is 12.7 Å². The van der Waals surface area contributed by atoms with Crippen LogP contribution in [0.3, 0.4) is 0 Å². The minimum Gasteiger partial charge on any atom is -0.293 e. The first-order chi connectivity index (χ1) is 11.4. The minimum atomic E-state index is -4.52. The van der Waals surface area contributed by atoms with Crippen molar-refractivity contribution in [2.24, 2.45) is 0 Å². The van der Waals surface area contributed by atoms with Crippen molar-refractivity contribution in [3.05, 3.63) is 82.7 Å². The highest BCUT2D eigenvalue weighted by Gasteiger charge is 2.32. The van der Waals surface area contributed by atoms with Gasteiger partial charge in [0.15, 0.2) is 0 Å². The maximum Gasteiger partial charge on any atom is 0.433 e. The molecule has 1 aromatic carbocycles. The second-order valence-corrected chi connectivity index (χ2v) is 5.12. The van der Waals surface area contributed by atoms with Gasteiger partial charge in [0.1, 0.15) is 5.69 Å². The second kappa shape index (κ2) is 6.27. The molecule has 0 fully saturated rings. The lowest BCUT2D eigenvalue weighted by Crippen LogP contribution is -2.21. The Kier molecular flexibility index (Phi) is 4.16. The molecule has 0 aliphatic heterocycles. The van der Waals surface area contributed by atoms with Crippen LogP contribution in [0.4, 0.5) is 13.2 Å². The fourth-order valence-corrected chi connectivity index (χ4v) is 2.21. The third-order valence-electron chi connectivity index (χ3n) is 3.38. The molecule has 4 nitrogen and oxygen atoms in total. The Morgan fingerprint density at radius 3 is 2.42 bits per heavy atom. The first-order valence-electron chi connectivity index (χ1n) is 7.08. The average molecular weight is 331 g/mol. The van der Waals surface area contributed by atoms with Crippen molar-refractivity contribution >= 4 is 0 Å². The zero-order valence-electron chi connectivity index (χ0n) is 12.4. The van der Waals surface area contributed by atoms with Crippen molar-refractivity contribution in [3.63, 3.8) is 0 Å². The first kappa shape index (κ1) is 15.9. The molecule has 0 aliphatic rings. The predicted octanol–water partition coefficient (Wildman–Crippen LogP) is 3.37. The largest absolute Gasteiger partial charge is 0.433 e. The lowest BCUT2D eigenvalue weighted by Gasteiger charge is -2.09. The summed E-state index contributed by atoms with van der Waals surface area (Å²) in [4.78, 5) is 19.9. The summed E-state index contributed by atoms with van der Waals surface area (Å²) in [5, 5.41) is 0. The fraction of sp³-hybridized carbons (Fsp3) is 0.118. The van der Waals surface area contributed by atoms with Crippen LogP contribution in [-0.2, 0) is 12.7 Å². The number of halogens is 3. The summed E-state index contributed by atoms with van der Waals surface area (Å²) >= 11 is 0. The zero-order chi connectivity index (χ0) is 17.2. The predicted molar refractivity (Wildman–Crippen MR) is 82.3 cm³/mol. The lowest BCUT2D eigenvalue weighted by molar-refractivity contribution is -0.141. The van der Waals surface area contributed by atoms with Crippen molar-refractivity contribution in [1.29, 1.82) is 0 Å². The highest BCUT2D eigenvalue weighted by Crippen LogP contribution is 2.27. The summed E-state index contributed by atoms with van der Waals surface area (Å²) in [6.07, 6.45) is -3.21. The van der Waals surface area contributed by atoms with Crippen LogP contribution in [0, 0.1) is 0 Å². The number of hydrogen-bond acceptors (Lipinski definition) is 3. The molecule has 0 amide bonds. The number of benzene rings is 1. The van der Waals surface area contributed by atoms with E-state index in [-0.39, 0.29) is 17.8 Å². The summed E-state index contributed by atoms with van der Waals surface area (Å²) in [6.45, 7) is -0.0785. The van der Waals surface area contributed by atoms with Gasteiger partial charge in [-0.2, -0.15) is 13.2 Å². The lowest BCUT2D eigenvalue weighted by atomic mass is 10.1. The van der Waals surface area contributed by atoms with Gasteiger partial charge in [0.2, 0.25) is 0 Å². The Morgan fingerprint density at radius 1 is 1.00 bits per heavy atom. The molecule has 2 heterocycles. The van der Waals surface area contributed by atoms with Crippen molar-refractivity contribution < 1.29 is 13.2 Å². The Hall–Kier alpha value is -2.96. The highest BCUT2D eigenvalue weighted by molar-refractivity contribution is 5.57. The van der Waals surface area contributed by atoms with Gasteiger partial charge in [-0.25, -0.2) is 9.97 Å². The van der Waals surface area contributed by atoms with Crippen molar-refractivity contribution in [1.82, 2.24) is 14.5 Å². The van der Waals surface area contributed by atoms with Gasteiger partial charge in [-0.15, -0.1) is 0 Å². The third kappa shape index (κ3) is 3.51. The summed E-state index contributed by atoms with van der Waals surface area (Å²) in [7, 11) is 0. The molecule has 0 N–H and O–H groups in total. The summed E-state index contributed by atoms with van der Waals surface area (Å²) in [6, 6.07) is 14.1. The van der Waals surface area contributed by atoms with Crippen LogP contribution in [-0.4, -0.2) is 14.5 Å². The Balaban J connectivity index is 1.88. The maximum atomic E-state index is 12.7. The number of hydrogen-bond donors (Lipinski definition) is 0. The highest BCUT2D eigenvalue weighted by atomic mass is 19.4. The normalized spacial score (nSPS) is 11.5. The van der Waals surface area contributed by atoms with E-state index in [1.165, 1.54) is 29.1 Å². The van der Waals surface area contributed by atoms with E-state index in [2.05, 4.69) is 9.97 Å². The smallest absolute Gasteiger partial charge is 0.293 e. The number of alkyl halides is 3. The van der Waals surface area contributed by atoms with Crippen LogP contribution in [0.2, 0.25) is 0 Å². The maximum absolute atomic E-state index is 12.7. The van der Waals surface area contributed by atoms with E-state index in [4.69, 9.17) is 0 Å². The number of pyridine rings is 1. The van der Waals surface area contributed by atoms with Gasteiger partial charge in [-0.1, -0.05) is 36.4 Å². The van der Waals surface area contributed by atoms with Crippen LogP contribution in [0.5, 0.6) is 0 Å². The molecule has 3 aromatic rings. The van der Waals surface area contributed by atoms with Gasteiger partial charge >= 0.3 is 6.18 Å². The molecule has 0 atom stereocenters. The number of nitrogens with zero attached hydrogens (tertiary/aromatic N) is 3. The molecule has 0 unspecified atom stereocenters. The Labute approximate surface area is 135 Å². The standard InChI is InChI=1S/C17H12F3N3O/c18-17(19,20)15-8-4-7-13(22-15)10-23-11-21-14(9-16(23)24)12-5-2-1-3-6-12/h1-9,11H,10H2. The van der Waals surface area contributed by atoms with Crippen LogP contribution in [0.1, 0.15) is 11.4 Å². The number of aromatic nitrogens is 3. The monoisotopic (exact) mass is 331 g/mol. The molecule has 2 aromatic heterocycles. The summed E-state index contributed by atoms with van der Waals surface area (Å²) in [5.74, 6) is 0. The molecule has 0 saturated carbocycles. The van der Waals surface area contributed by atoms with Crippen molar-refractivity contribution in [2.75, 3.05) is 0 Å². The van der Waals surface area contributed by atoms with E-state index in [1.807, 2.05) is 30.3 Å². The summed E-state index contributed by atoms with van der Waals surface area (Å²) < 4.78 is 39.3. The average Bonchev–Trinajstić information content (AvgIpc) is 2.57. The molecular formula is C17H12F3N3O. The molecule has 122 valence electrons. The van der Waals surface area contributed by atoms with Gasteiger partial charge < -0.3 is 0 Å². The molecule has 0 spiro atoms. The first-order valence-corrected chi connectivity index (χ1v) is 7.08. The zero-order valence-corrected chi connectivity index (χ0v) is 12.4. The van der Waals surface area contributed by atoms with Gasteiger partial charge in [0.05, 0.1) is 24.3 Å². The molecule has 0 aliphatic carbocycles. The molecular weight excluding hydrogens is 319 g/mol. The van der Waals surface area contributed by atoms with E-state index in [1.54, 1.807) is 0 Å². The van der Waals surface area contributed by atoms with Gasteiger partial charge in [0.25, 0.3) is 5.56 Å². The molecule has 7 heteroatoms. The van der Waals surface area contributed by atoms with Crippen LogP contribution >= 0.6 is 0 Å². The van der Waals surface area contributed by atoms with Crippen LogP contribution in [0.15, 0.2) is 65.7 Å². The topological polar surface area (TPSA) is 47.8 Å². The summed E-state index contributed by atoms with van der Waals surface area (Å²) in [5.41, 5.74) is 0.0963. The molecule has 24 heavy (non-hydrogen) atoms. The van der Waals surface area contributed by atoms with E-state index in [0.29, 0.717) is 5.69 Å². The van der Waals surface area contributed by atoms with E-state index in [9.17, 15) is 18.0 Å². The van der Waals surface area contributed by atoms with Gasteiger partial charge in [-0.05, 0) is 12.1 Å². The Bertz CT molecular complexity index is 905. The minimum absolute atomic E-state index is 0.0785. The SMILES string of the molecule is O=c1cc(-c2ccccc2)ncn1Cc1cccc(C(F)(F)F)n1. The second-order valence-electron chi connectivity index (χ2n) is 5.12. The fourth-order valence-electron chi connectivity index (χ4n) is 2.21. The molecule has 0 radical (unpaired) electrons. The Morgan fingerprint density at radius 2 is 1.75 bits per heavy atom. The van der Waals surface area contributed by atoms with E-state index >= 15 is 0 Å². The molecule has 0 saturated heterocycles. The third-order valence-corrected chi connectivity index (χ3v) is 3.38. The van der Waals surface area contributed by atoms with E-state index in [0.717, 1.165) is 11.6 Å².